The zero-order valence-electron chi connectivity index (χ0n) is 9.70. The van der Waals surface area contributed by atoms with Crippen LogP contribution >= 0.6 is 39.1 Å². The summed E-state index contributed by atoms with van der Waals surface area (Å²) in [5, 5.41) is 0.861. The summed E-state index contributed by atoms with van der Waals surface area (Å²) in [6, 6.07) is 10.4. The highest BCUT2D eigenvalue weighted by Crippen LogP contribution is 2.27. The lowest BCUT2D eigenvalue weighted by Gasteiger charge is -2.07. The van der Waals surface area contributed by atoms with Gasteiger partial charge in [-0.15, -0.1) is 0 Å². The van der Waals surface area contributed by atoms with Gasteiger partial charge in [-0.2, -0.15) is 0 Å². The first kappa shape index (κ1) is 14.9. The van der Waals surface area contributed by atoms with Gasteiger partial charge in [-0.1, -0.05) is 45.2 Å². The van der Waals surface area contributed by atoms with Crippen molar-refractivity contribution < 1.29 is 4.21 Å². The molecule has 2 nitrogen and oxygen atoms in total. The summed E-state index contributed by atoms with van der Waals surface area (Å²) in [7, 11) is -1.18. The van der Waals surface area contributed by atoms with Crippen LogP contribution in [-0.2, 0) is 16.6 Å². The Balaban J connectivity index is 2.23. The first-order valence-corrected chi connectivity index (χ1v) is 8.21. The van der Waals surface area contributed by atoms with Crippen LogP contribution in [0.15, 0.2) is 45.8 Å². The van der Waals surface area contributed by atoms with Gasteiger partial charge in [0.15, 0.2) is 0 Å². The van der Waals surface area contributed by atoms with E-state index in [9.17, 15) is 4.21 Å². The average molecular weight is 379 g/mol. The van der Waals surface area contributed by atoms with E-state index in [1.54, 1.807) is 30.3 Å². The van der Waals surface area contributed by atoms with Crippen molar-refractivity contribution in [2.45, 2.75) is 10.6 Å². The van der Waals surface area contributed by atoms with Crippen LogP contribution in [-0.4, -0.2) is 4.21 Å². The van der Waals surface area contributed by atoms with Gasteiger partial charge in [0.2, 0.25) is 0 Å². The van der Waals surface area contributed by atoms with Crippen molar-refractivity contribution in [3.63, 3.8) is 0 Å². The number of nitrogens with two attached hydrogens (primary N) is 1. The fraction of sp³-hybridized carbons (Fsp3) is 0.0769. The molecule has 0 saturated carbocycles. The van der Waals surface area contributed by atoms with Crippen molar-refractivity contribution in [3.05, 3.63) is 56.5 Å². The van der Waals surface area contributed by atoms with Crippen molar-refractivity contribution in [1.29, 1.82) is 0 Å². The van der Waals surface area contributed by atoms with E-state index < -0.39 is 10.8 Å². The standard InChI is InChI=1S/C13H10BrCl2NOS/c14-11-5-9(17)2-1-8(11)7-19(18)10-3-4-12(15)13(16)6-10/h1-6H,7,17H2. The van der Waals surface area contributed by atoms with E-state index in [0.717, 1.165) is 10.0 Å². The van der Waals surface area contributed by atoms with Crippen molar-refractivity contribution in [2.75, 3.05) is 5.73 Å². The molecule has 0 aliphatic heterocycles. The molecule has 0 bridgehead atoms. The highest BCUT2D eigenvalue weighted by Gasteiger charge is 2.10. The molecule has 0 fully saturated rings. The molecule has 2 rings (SSSR count). The van der Waals surface area contributed by atoms with Crippen molar-refractivity contribution >= 4 is 55.6 Å². The number of nitrogen functional groups attached to an aromatic ring is 1. The van der Waals surface area contributed by atoms with Gasteiger partial charge in [-0.05, 0) is 35.9 Å². The van der Waals surface area contributed by atoms with E-state index in [2.05, 4.69) is 15.9 Å². The second-order valence-electron chi connectivity index (χ2n) is 3.92. The van der Waals surface area contributed by atoms with Crippen LogP contribution < -0.4 is 5.73 Å². The van der Waals surface area contributed by atoms with Gasteiger partial charge in [-0.3, -0.25) is 4.21 Å². The lowest BCUT2D eigenvalue weighted by atomic mass is 10.2. The number of anilines is 1. The molecule has 19 heavy (non-hydrogen) atoms. The first-order valence-electron chi connectivity index (χ1n) is 5.34. The van der Waals surface area contributed by atoms with Gasteiger partial charge in [0.05, 0.1) is 26.6 Å². The summed E-state index contributed by atoms with van der Waals surface area (Å²) in [5.74, 6) is 0.388. The highest BCUT2D eigenvalue weighted by atomic mass is 79.9. The minimum Gasteiger partial charge on any atom is -0.399 e. The van der Waals surface area contributed by atoms with Gasteiger partial charge in [-0.25, -0.2) is 0 Å². The number of rotatable bonds is 3. The molecule has 100 valence electrons. The molecule has 1 unspecified atom stereocenters. The smallest absolute Gasteiger partial charge is 0.0604 e. The molecule has 6 heteroatoms. The van der Waals surface area contributed by atoms with E-state index in [1.807, 2.05) is 6.07 Å². The van der Waals surface area contributed by atoms with Crippen LogP contribution in [0.5, 0.6) is 0 Å². The van der Waals surface area contributed by atoms with E-state index in [-0.39, 0.29) is 0 Å². The van der Waals surface area contributed by atoms with Gasteiger partial charge in [0, 0.05) is 15.1 Å². The first-order chi connectivity index (χ1) is 8.97. The Hall–Kier alpha value is -0.550. The van der Waals surface area contributed by atoms with Gasteiger partial charge in [0.25, 0.3) is 0 Å². The molecular weight excluding hydrogens is 369 g/mol. The normalized spacial score (nSPS) is 12.4. The maximum absolute atomic E-state index is 12.3. The van der Waals surface area contributed by atoms with Gasteiger partial charge < -0.3 is 5.73 Å². The zero-order chi connectivity index (χ0) is 14.0. The fourth-order valence-electron chi connectivity index (χ4n) is 1.52. The van der Waals surface area contributed by atoms with E-state index in [0.29, 0.717) is 26.4 Å². The van der Waals surface area contributed by atoms with Crippen LogP contribution in [0.1, 0.15) is 5.56 Å². The number of hydrogen-bond acceptors (Lipinski definition) is 2. The molecule has 2 aromatic carbocycles. The summed E-state index contributed by atoms with van der Waals surface area (Å²) in [6.07, 6.45) is 0. The maximum Gasteiger partial charge on any atom is 0.0604 e. The molecule has 0 aliphatic carbocycles. The third kappa shape index (κ3) is 3.72. The van der Waals surface area contributed by atoms with Crippen LogP contribution in [0.25, 0.3) is 0 Å². The molecule has 2 N–H and O–H groups in total. The number of halogens is 3. The monoisotopic (exact) mass is 377 g/mol. The topological polar surface area (TPSA) is 43.1 Å². The number of hydrogen-bond donors (Lipinski definition) is 1. The summed E-state index contributed by atoms with van der Waals surface area (Å²) >= 11 is 15.2. The largest absolute Gasteiger partial charge is 0.399 e. The molecule has 0 spiro atoms. The van der Waals surface area contributed by atoms with Crippen molar-refractivity contribution in [1.82, 2.24) is 0 Å². The molecule has 2 aromatic rings. The predicted octanol–water partition coefficient (Wildman–Crippen LogP) is 4.65. The minimum atomic E-state index is -1.18. The summed E-state index contributed by atoms with van der Waals surface area (Å²) in [4.78, 5) is 0.651. The Morgan fingerprint density at radius 3 is 2.47 bits per heavy atom. The molecule has 0 saturated heterocycles. The summed E-state index contributed by atoms with van der Waals surface area (Å²) in [6.45, 7) is 0. The Labute approximate surface area is 132 Å². The van der Waals surface area contributed by atoms with Gasteiger partial charge >= 0.3 is 0 Å². The zero-order valence-corrected chi connectivity index (χ0v) is 13.6. The van der Waals surface area contributed by atoms with Crippen LogP contribution in [0, 0.1) is 0 Å². The van der Waals surface area contributed by atoms with Crippen LogP contribution in [0.4, 0.5) is 5.69 Å². The molecular formula is C13H10BrCl2NOS. The van der Waals surface area contributed by atoms with E-state index >= 15 is 0 Å². The predicted molar refractivity (Wildman–Crippen MR) is 85.1 cm³/mol. The second-order valence-corrected chi connectivity index (χ2v) is 7.04. The molecule has 0 radical (unpaired) electrons. The Morgan fingerprint density at radius 2 is 1.84 bits per heavy atom. The highest BCUT2D eigenvalue weighted by molar-refractivity contribution is 9.10. The summed E-state index contributed by atoms with van der Waals surface area (Å²) < 4.78 is 13.1. The molecule has 0 heterocycles. The van der Waals surface area contributed by atoms with Crippen molar-refractivity contribution in [2.24, 2.45) is 0 Å². The third-order valence-electron chi connectivity index (χ3n) is 2.52. The van der Waals surface area contributed by atoms with E-state index in [4.69, 9.17) is 28.9 Å². The Kier molecular flexibility index (Phi) is 4.90. The SMILES string of the molecule is Nc1ccc(CS(=O)c2ccc(Cl)c(Cl)c2)c(Br)c1. The quantitative estimate of drug-likeness (QED) is 0.790. The lowest BCUT2D eigenvalue weighted by Crippen LogP contribution is -1.98. The summed E-state index contributed by atoms with van der Waals surface area (Å²) in [5.41, 5.74) is 7.26. The fourth-order valence-corrected chi connectivity index (χ4v) is 3.78. The van der Waals surface area contributed by atoms with E-state index in [1.165, 1.54) is 0 Å². The molecule has 0 aliphatic rings. The van der Waals surface area contributed by atoms with Gasteiger partial charge in [0.1, 0.15) is 0 Å². The van der Waals surface area contributed by atoms with Crippen molar-refractivity contribution in [3.8, 4) is 0 Å². The second kappa shape index (κ2) is 6.27. The number of benzene rings is 2. The Bertz CT molecular complexity index is 649. The molecule has 0 amide bonds. The minimum absolute atomic E-state index is 0.388. The third-order valence-corrected chi connectivity index (χ3v) is 5.35. The molecule has 0 aromatic heterocycles. The van der Waals surface area contributed by atoms with Crippen LogP contribution in [0.2, 0.25) is 10.0 Å². The average Bonchev–Trinajstić information content (AvgIpc) is 2.36. The van der Waals surface area contributed by atoms with Crippen LogP contribution in [0.3, 0.4) is 0 Å². The molecule has 1 atom stereocenters. The maximum atomic E-state index is 12.3. The lowest BCUT2D eigenvalue weighted by molar-refractivity contribution is 0.682. The Morgan fingerprint density at radius 1 is 1.11 bits per heavy atom.